The second kappa shape index (κ2) is 8.04. The van der Waals surface area contributed by atoms with Crippen LogP contribution in [-0.2, 0) is 4.74 Å². The fourth-order valence-corrected chi connectivity index (χ4v) is 2.46. The van der Waals surface area contributed by atoms with Crippen LogP contribution >= 0.6 is 0 Å². The Morgan fingerprint density at radius 2 is 2.00 bits per heavy atom. The summed E-state index contributed by atoms with van der Waals surface area (Å²) in [5, 5.41) is 3.54. The quantitative estimate of drug-likeness (QED) is 0.720. The molecule has 0 saturated carbocycles. The maximum atomic E-state index is 5.50. The maximum Gasteiger partial charge on any atom is 0.0620 e. The molecule has 0 aliphatic carbocycles. The van der Waals surface area contributed by atoms with Crippen LogP contribution < -0.4 is 5.32 Å². The van der Waals surface area contributed by atoms with Gasteiger partial charge in [-0.25, -0.2) is 0 Å². The van der Waals surface area contributed by atoms with E-state index in [0.29, 0.717) is 12.1 Å². The fraction of sp³-hybridized carbons (Fsp3) is 1.00. The second-order valence-electron chi connectivity index (χ2n) is 4.85. The Bertz CT molecular complexity index is 163. The van der Waals surface area contributed by atoms with Crippen molar-refractivity contribution in [2.24, 2.45) is 0 Å². The van der Waals surface area contributed by atoms with Crippen molar-refractivity contribution in [2.75, 3.05) is 32.8 Å². The summed E-state index contributed by atoms with van der Waals surface area (Å²) in [5.41, 5.74) is 0. The smallest absolute Gasteiger partial charge is 0.0620 e. The van der Waals surface area contributed by atoms with E-state index in [4.69, 9.17) is 4.74 Å². The molecule has 1 saturated heterocycles. The van der Waals surface area contributed by atoms with Crippen LogP contribution in [0.15, 0.2) is 0 Å². The highest BCUT2D eigenvalue weighted by atomic mass is 16.5. The molecule has 0 aromatic heterocycles. The first kappa shape index (κ1) is 13.9. The largest absolute Gasteiger partial charge is 0.379 e. The Kier molecular flexibility index (Phi) is 7.01. The Morgan fingerprint density at radius 1 is 1.31 bits per heavy atom. The van der Waals surface area contributed by atoms with Gasteiger partial charge in [-0.15, -0.1) is 0 Å². The van der Waals surface area contributed by atoms with Gasteiger partial charge >= 0.3 is 0 Å². The van der Waals surface area contributed by atoms with E-state index in [1.807, 2.05) is 0 Å². The molecule has 16 heavy (non-hydrogen) atoms. The van der Waals surface area contributed by atoms with Crippen LogP contribution in [0.3, 0.4) is 0 Å². The number of ether oxygens (including phenoxy) is 1. The van der Waals surface area contributed by atoms with Gasteiger partial charge in [-0.3, -0.25) is 0 Å². The number of rotatable bonds is 7. The predicted octanol–water partition coefficient (Wildman–Crippen LogP) is 1.88. The Hall–Kier alpha value is -0.120. The molecule has 3 heteroatoms. The average Bonchev–Trinajstić information content (AvgIpc) is 2.30. The molecule has 0 amide bonds. The highest BCUT2D eigenvalue weighted by molar-refractivity contribution is 4.77. The highest BCUT2D eigenvalue weighted by Crippen LogP contribution is 2.10. The van der Waals surface area contributed by atoms with E-state index in [9.17, 15) is 0 Å². The Morgan fingerprint density at radius 3 is 2.50 bits per heavy atom. The van der Waals surface area contributed by atoms with Crippen molar-refractivity contribution in [3.05, 3.63) is 0 Å². The van der Waals surface area contributed by atoms with Gasteiger partial charge in [-0.05, 0) is 39.3 Å². The minimum Gasteiger partial charge on any atom is -0.379 e. The van der Waals surface area contributed by atoms with Gasteiger partial charge in [0.05, 0.1) is 13.2 Å². The van der Waals surface area contributed by atoms with Gasteiger partial charge in [-0.1, -0.05) is 13.8 Å². The molecule has 1 heterocycles. The highest BCUT2D eigenvalue weighted by Gasteiger charge is 2.19. The second-order valence-corrected chi connectivity index (χ2v) is 4.85. The topological polar surface area (TPSA) is 24.5 Å². The van der Waals surface area contributed by atoms with Gasteiger partial charge in [0.1, 0.15) is 0 Å². The van der Waals surface area contributed by atoms with E-state index in [-0.39, 0.29) is 0 Å². The maximum absolute atomic E-state index is 5.50. The molecule has 2 unspecified atom stereocenters. The fourth-order valence-electron chi connectivity index (χ4n) is 2.46. The number of nitrogens with zero attached hydrogens (tertiary/aromatic N) is 1. The van der Waals surface area contributed by atoms with Crippen molar-refractivity contribution in [1.29, 1.82) is 0 Å². The minimum atomic E-state index is 0.556. The van der Waals surface area contributed by atoms with Crippen LogP contribution in [0.1, 0.15) is 40.0 Å². The lowest BCUT2D eigenvalue weighted by Crippen LogP contribution is -2.46. The van der Waals surface area contributed by atoms with E-state index < -0.39 is 0 Å². The molecule has 0 bridgehead atoms. The van der Waals surface area contributed by atoms with Crippen LogP contribution in [-0.4, -0.2) is 49.8 Å². The van der Waals surface area contributed by atoms with Crippen LogP contribution in [0, 0.1) is 0 Å². The molecule has 1 aliphatic heterocycles. The van der Waals surface area contributed by atoms with Crippen molar-refractivity contribution in [3.8, 4) is 0 Å². The van der Waals surface area contributed by atoms with Gasteiger partial charge in [0, 0.05) is 18.6 Å². The molecule has 1 N–H and O–H groups in total. The van der Waals surface area contributed by atoms with Gasteiger partial charge in [0.2, 0.25) is 0 Å². The minimum absolute atomic E-state index is 0.556. The molecular formula is C13H28N2O. The van der Waals surface area contributed by atoms with Crippen LogP contribution in [0.5, 0.6) is 0 Å². The zero-order chi connectivity index (χ0) is 11.8. The molecule has 0 aromatic carbocycles. The molecule has 1 rings (SSSR count). The summed E-state index contributed by atoms with van der Waals surface area (Å²) in [7, 11) is 0. The first-order valence-corrected chi connectivity index (χ1v) is 6.83. The summed E-state index contributed by atoms with van der Waals surface area (Å²) in [4.78, 5) is 2.61. The van der Waals surface area contributed by atoms with Crippen molar-refractivity contribution >= 4 is 0 Å². The van der Waals surface area contributed by atoms with Crippen molar-refractivity contribution in [2.45, 2.75) is 52.1 Å². The summed E-state index contributed by atoms with van der Waals surface area (Å²) in [5.74, 6) is 0. The molecule has 96 valence electrons. The summed E-state index contributed by atoms with van der Waals surface area (Å²) in [6.45, 7) is 12.1. The van der Waals surface area contributed by atoms with E-state index in [1.54, 1.807) is 0 Å². The van der Waals surface area contributed by atoms with Crippen LogP contribution in [0.4, 0.5) is 0 Å². The molecule has 1 fully saturated rings. The summed E-state index contributed by atoms with van der Waals surface area (Å²) >= 11 is 0. The zero-order valence-electron chi connectivity index (χ0n) is 11.2. The lowest BCUT2D eigenvalue weighted by molar-refractivity contribution is 0.0618. The third kappa shape index (κ3) is 4.81. The Labute approximate surface area is 101 Å². The normalized spacial score (nSPS) is 23.6. The molecule has 1 aliphatic rings. The van der Waals surface area contributed by atoms with Gasteiger partial charge in [-0.2, -0.15) is 0 Å². The van der Waals surface area contributed by atoms with Crippen molar-refractivity contribution < 1.29 is 4.74 Å². The first-order chi connectivity index (χ1) is 7.77. The van der Waals surface area contributed by atoms with Crippen molar-refractivity contribution in [1.82, 2.24) is 10.2 Å². The summed E-state index contributed by atoms with van der Waals surface area (Å²) in [6.07, 6.45) is 3.71. The number of hydrogen-bond donors (Lipinski definition) is 1. The summed E-state index contributed by atoms with van der Waals surface area (Å²) < 4.78 is 5.50. The van der Waals surface area contributed by atoms with E-state index in [1.165, 1.54) is 32.4 Å². The third-order valence-corrected chi connectivity index (χ3v) is 3.27. The van der Waals surface area contributed by atoms with E-state index in [2.05, 4.69) is 31.0 Å². The molecule has 0 spiro atoms. The number of nitrogens with one attached hydrogen (secondary N) is 1. The molecular weight excluding hydrogens is 200 g/mol. The average molecular weight is 228 g/mol. The molecule has 0 aromatic rings. The lowest BCUT2D eigenvalue weighted by atomic mass is 10.1. The van der Waals surface area contributed by atoms with E-state index in [0.717, 1.165) is 19.8 Å². The monoisotopic (exact) mass is 228 g/mol. The standard InChI is InChI=1S/C13H28N2O/c1-4-7-15(8-5-2)12(3)10-13-11-16-9-6-14-13/h12-14H,4-11H2,1-3H3. The van der Waals surface area contributed by atoms with E-state index >= 15 is 0 Å². The molecule has 0 radical (unpaired) electrons. The number of morpholine rings is 1. The SMILES string of the molecule is CCCN(CCC)C(C)CC1COCCN1. The van der Waals surface area contributed by atoms with Gasteiger partial charge < -0.3 is 15.0 Å². The lowest BCUT2D eigenvalue weighted by Gasteiger charge is -2.33. The third-order valence-electron chi connectivity index (χ3n) is 3.27. The number of hydrogen-bond acceptors (Lipinski definition) is 3. The van der Waals surface area contributed by atoms with Crippen LogP contribution in [0.25, 0.3) is 0 Å². The molecule has 3 nitrogen and oxygen atoms in total. The van der Waals surface area contributed by atoms with Gasteiger partial charge in [0.25, 0.3) is 0 Å². The summed E-state index contributed by atoms with van der Waals surface area (Å²) in [6, 6.07) is 1.22. The van der Waals surface area contributed by atoms with Crippen molar-refractivity contribution in [3.63, 3.8) is 0 Å². The van der Waals surface area contributed by atoms with Gasteiger partial charge in [0.15, 0.2) is 0 Å². The molecule has 2 atom stereocenters. The first-order valence-electron chi connectivity index (χ1n) is 6.83. The Balaban J connectivity index is 2.31. The zero-order valence-corrected chi connectivity index (χ0v) is 11.2. The van der Waals surface area contributed by atoms with Crippen LogP contribution in [0.2, 0.25) is 0 Å². The predicted molar refractivity (Wildman–Crippen MR) is 68.8 cm³/mol.